The zero-order chi connectivity index (χ0) is 14.9. The maximum absolute atomic E-state index is 12.8. The number of nitrogens with zero attached hydrogens (tertiary/aromatic N) is 1. The predicted molar refractivity (Wildman–Crippen MR) is 86.5 cm³/mol. The molecule has 1 heterocycles. The average molecular weight is 285 g/mol. The number of ketones is 1. The van der Waals surface area contributed by atoms with E-state index in [1.807, 2.05) is 30.3 Å². The van der Waals surface area contributed by atoms with Crippen LogP contribution in [0.5, 0.6) is 0 Å². The van der Waals surface area contributed by atoms with Gasteiger partial charge < -0.3 is 0 Å². The van der Waals surface area contributed by atoms with Crippen LogP contribution >= 0.6 is 0 Å². The van der Waals surface area contributed by atoms with E-state index in [1.54, 1.807) is 0 Å². The lowest BCUT2D eigenvalue weighted by atomic mass is 9.82. The lowest BCUT2D eigenvalue weighted by Crippen LogP contribution is -2.43. The molecule has 1 saturated carbocycles. The van der Waals surface area contributed by atoms with Gasteiger partial charge in [0.1, 0.15) is 0 Å². The van der Waals surface area contributed by atoms with Gasteiger partial charge in [0.05, 0.1) is 0 Å². The maximum atomic E-state index is 12.8. The van der Waals surface area contributed by atoms with E-state index >= 15 is 0 Å². The Morgan fingerprint density at radius 3 is 2.62 bits per heavy atom. The van der Waals surface area contributed by atoms with E-state index < -0.39 is 0 Å². The van der Waals surface area contributed by atoms with Gasteiger partial charge in [-0.05, 0) is 31.7 Å². The van der Waals surface area contributed by atoms with Crippen molar-refractivity contribution in [1.29, 1.82) is 0 Å². The minimum atomic E-state index is -0.298. The third-order valence-electron chi connectivity index (χ3n) is 5.37. The van der Waals surface area contributed by atoms with Gasteiger partial charge in [-0.25, -0.2) is 0 Å². The first-order valence-corrected chi connectivity index (χ1v) is 8.42. The highest BCUT2D eigenvalue weighted by molar-refractivity contribution is 6.00. The van der Waals surface area contributed by atoms with E-state index in [0.717, 1.165) is 24.1 Å². The summed E-state index contributed by atoms with van der Waals surface area (Å²) in [5.41, 5.74) is 0.551. The Morgan fingerprint density at radius 2 is 1.86 bits per heavy atom. The first kappa shape index (κ1) is 14.8. The molecule has 2 aliphatic rings. The molecule has 1 aromatic rings. The van der Waals surface area contributed by atoms with E-state index in [4.69, 9.17) is 0 Å². The SMILES string of the molecule is CC(C)(CN1CCC2CCCCC21)C(=O)c1ccccc1. The van der Waals surface area contributed by atoms with Crippen molar-refractivity contribution in [2.75, 3.05) is 13.1 Å². The van der Waals surface area contributed by atoms with Crippen molar-refractivity contribution in [1.82, 2.24) is 4.90 Å². The van der Waals surface area contributed by atoms with Crippen LogP contribution in [0.4, 0.5) is 0 Å². The Bertz CT molecular complexity index is 494. The van der Waals surface area contributed by atoms with E-state index in [0.29, 0.717) is 0 Å². The van der Waals surface area contributed by atoms with Crippen LogP contribution in [0.3, 0.4) is 0 Å². The number of likely N-dealkylation sites (tertiary alicyclic amines) is 1. The normalized spacial score (nSPS) is 26.6. The number of rotatable bonds is 4. The molecule has 2 unspecified atom stereocenters. The molecule has 0 N–H and O–H groups in total. The highest BCUT2D eigenvalue weighted by atomic mass is 16.1. The monoisotopic (exact) mass is 285 g/mol. The molecule has 0 aromatic heterocycles. The van der Waals surface area contributed by atoms with E-state index in [1.165, 1.54) is 38.6 Å². The fraction of sp³-hybridized carbons (Fsp3) is 0.632. The predicted octanol–water partition coefficient (Wildman–Crippen LogP) is 4.16. The molecule has 3 rings (SSSR count). The third kappa shape index (κ3) is 3.06. The highest BCUT2D eigenvalue weighted by Gasteiger charge is 2.40. The van der Waals surface area contributed by atoms with Crippen LogP contribution in [0.2, 0.25) is 0 Å². The number of benzene rings is 1. The van der Waals surface area contributed by atoms with Crippen LogP contribution in [0.25, 0.3) is 0 Å². The second kappa shape index (κ2) is 5.92. The van der Waals surface area contributed by atoms with Crippen molar-refractivity contribution in [3.05, 3.63) is 35.9 Å². The Balaban J connectivity index is 1.69. The zero-order valence-electron chi connectivity index (χ0n) is 13.3. The van der Waals surface area contributed by atoms with Crippen molar-refractivity contribution < 1.29 is 4.79 Å². The van der Waals surface area contributed by atoms with Gasteiger partial charge in [-0.3, -0.25) is 9.69 Å². The van der Waals surface area contributed by atoms with E-state index in [-0.39, 0.29) is 11.2 Å². The maximum Gasteiger partial charge on any atom is 0.169 e. The average Bonchev–Trinajstić information content (AvgIpc) is 2.90. The largest absolute Gasteiger partial charge is 0.299 e. The molecule has 0 radical (unpaired) electrons. The molecule has 1 aliphatic heterocycles. The second-order valence-electron chi connectivity index (χ2n) is 7.45. The van der Waals surface area contributed by atoms with Gasteiger partial charge in [-0.2, -0.15) is 0 Å². The smallest absolute Gasteiger partial charge is 0.169 e. The number of hydrogen-bond acceptors (Lipinski definition) is 2. The third-order valence-corrected chi connectivity index (χ3v) is 5.37. The topological polar surface area (TPSA) is 20.3 Å². The van der Waals surface area contributed by atoms with Crippen molar-refractivity contribution in [3.8, 4) is 0 Å². The Kier molecular flexibility index (Phi) is 4.17. The van der Waals surface area contributed by atoms with Gasteiger partial charge in [0.15, 0.2) is 5.78 Å². The van der Waals surface area contributed by atoms with E-state index in [2.05, 4.69) is 18.7 Å². The molecule has 1 aliphatic carbocycles. The first-order valence-electron chi connectivity index (χ1n) is 8.42. The molecule has 2 fully saturated rings. The molecule has 114 valence electrons. The van der Waals surface area contributed by atoms with Crippen molar-refractivity contribution in [2.24, 2.45) is 11.3 Å². The zero-order valence-corrected chi connectivity index (χ0v) is 13.3. The summed E-state index contributed by atoms with van der Waals surface area (Å²) in [7, 11) is 0. The first-order chi connectivity index (χ1) is 10.1. The van der Waals surface area contributed by atoms with Crippen LogP contribution in [0.1, 0.15) is 56.3 Å². The highest BCUT2D eigenvalue weighted by Crippen LogP contribution is 2.38. The number of Topliss-reactive ketones (excluding diaryl/α,β-unsaturated/α-hetero) is 1. The van der Waals surface area contributed by atoms with E-state index in [9.17, 15) is 4.79 Å². The van der Waals surface area contributed by atoms with Crippen molar-refractivity contribution in [3.63, 3.8) is 0 Å². The Morgan fingerprint density at radius 1 is 1.14 bits per heavy atom. The molecule has 0 bridgehead atoms. The van der Waals surface area contributed by atoms with Gasteiger partial charge in [-0.15, -0.1) is 0 Å². The molecular formula is C19H27NO. The van der Waals surface area contributed by atoms with Crippen molar-refractivity contribution >= 4 is 5.78 Å². The summed E-state index contributed by atoms with van der Waals surface area (Å²) >= 11 is 0. The molecule has 2 atom stereocenters. The van der Waals surface area contributed by atoms with Gasteiger partial charge >= 0.3 is 0 Å². The fourth-order valence-electron chi connectivity index (χ4n) is 4.26. The fourth-order valence-corrected chi connectivity index (χ4v) is 4.26. The van der Waals surface area contributed by atoms with Gasteiger partial charge in [-0.1, -0.05) is 57.0 Å². The summed E-state index contributed by atoms with van der Waals surface area (Å²) in [6.07, 6.45) is 6.83. The minimum Gasteiger partial charge on any atom is -0.299 e. The summed E-state index contributed by atoms with van der Waals surface area (Å²) in [4.78, 5) is 15.4. The van der Waals surface area contributed by atoms with Gasteiger partial charge in [0.2, 0.25) is 0 Å². The molecule has 21 heavy (non-hydrogen) atoms. The van der Waals surface area contributed by atoms with Crippen LogP contribution in [-0.4, -0.2) is 29.8 Å². The Labute approximate surface area is 128 Å². The van der Waals surface area contributed by atoms with Crippen LogP contribution in [-0.2, 0) is 0 Å². The number of fused-ring (bicyclic) bond motifs is 1. The van der Waals surface area contributed by atoms with Gasteiger partial charge in [0, 0.05) is 23.6 Å². The summed E-state index contributed by atoms with van der Waals surface area (Å²) in [6, 6.07) is 10.5. The standard InChI is InChI=1S/C19H27NO/c1-19(2,18(21)16-9-4-3-5-10-16)14-20-13-12-15-8-6-7-11-17(15)20/h3-5,9-10,15,17H,6-8,11-14H2,1-2H3. The molecule has 2 nitrogen and oxygen atoms in total. The molecule has 0 spiro atoms. The quantitative estimate of drug-likeness (QED) is 0.774. The molecule has 2 heteroatoms. The number of carbonyl (C=O) groups excluding carboxylic acids is 1. The lowest BCUT2D eigenvalue weighted by Gasteiger charge is -2.36. The summed E-state index contributed by atoms with van der Waals surface area (Å²) in [5.74, 6) is 1.17. The summed E-state index contributed by atoms with van der Waals surface area (Å²) in [6.45, 7) is 6.31. The van der Waals surface area contributed by atoms with Crippen LogP contribution < -0.4 is 0 Å². The second-order valence-corrected chi connectivity index (χ2v) is 7.45. The number of carbonyl (C=O) groups is 1. The molecule has 0 amide bonds. The molecular weight excluding hydrogens is 258 g/mol. The summed E-state index contributed by atoms with van der Waals surface area (Å²) < 4.78 is 0. The van der Waals surface area contributed by atoms with Crippen LogP contribution in [0.15, 0.2) is 30.3 Å². The number of hydrogen-bond donors (Lipinski definition) is 0. The summed E-state index contributed by atoms with van der Waals surface area (Å²) in [5, 5.41) is 0. The Hall–Kier alpha value is -1.15. The van der Waals surface area contributed by atoms with Crippen LogP contribution in [0, 0.1) is 11.3 Å². The van der Waals surface area contributed by atoms with Crippen molar-refractivity contribution in [2.45, 2.75) is 52.0 Å². The lowest BCUT2D eigenvalue weighted by molar-refractivity contribution is 0.0719. The molecule has 1 saturated heterocycles. The molecule has 1 aromatic carbocycles. The van der Waals surface area contributed by atoms with Gasteiger partial charge in [0.25, 0.3) is 0 Å². The minimum absolute atomic E-state index is 0.280.